The summed E-state index contributed by atoms with van der Waals surface area (Å²) in [5.41, 5.74) is 4.01. The van der Waals surface area contributed by atoms with Crippen LogP contribution in [0.3, 0.4) is 0 Å². The number of nitrogens with zero attached hydrogens (tertiary/aromatic N) is 4. The Morgan fingerprint density at radius 1 is 1.33 bits per heavy atom. The van der Waals surface area contributed by atoms with Gasteiger partial charge in [0.25, 0.3) is 0 Å². The van der Waals surface area contributed by atoms with Crippen LogP contribution in [0, 0.1) is 0 Å². The van der Waals surface area contributed by atoms with E-state index >= 15 is 0 Å². The molecule has 0 spiro atoms. The molecule has 2 aromatic heterocycles. The molecular weight excluding hydrogens is 415 g/mol. The molecule has 0 bridgehead atoms. The molecule has 0 radical (unpaired) electrons. The first-order valence-corrected chi connectivity index (χ1v) is 8.72. The van der Waals surface area contributed by atoms with Crippen LogP contribution in [0.15, 0.2) is 11.0 Å². The van der Waals surface area contributed by atoms with Gasteiger partial charge in [0.1, 0.15) is 24.8 Å². The lowest BCUT2D eigenvalue weighted by Gasteiger charge is -2.19. The van der Waals surface area contributed by atoms with Gasteiger partial charge in [-0.25, -0.2) is 14.3 Å². The van der Waals surface area contributed by atoms with E-state index in [1.54, 1.807) is 0 Å². The van der Waals surface area contributed by atoms with E-state index in [-0.39, 0.29) is 30.1 Å². The number of fused-ring (bicyclic) bond motifs is 1. The molecule has 3 atom stereocenters. The molecule has 0 saturated carbocycles. The first kappa shape index (κ1) is 21.5. The summed E-state index contributed by atoms with van der Waals surface area (Å²) in [6, 6.07) is 0. The van der Waals surface area contributed by atoms with Crippen molar-refractivity contribution < 1.29 is 37.0 Å². The molecule has 30 heavy (non-hydrogen) atoms. The predicted octanol–water partition coefficient (Wildman–Crippen LogP) is 0.520. The van der Waals surface area contributed by atoms with Crippen LogP contribution in [0.5, 0.6) is 0 Å². The highest BCUT2D eigenvalue weighted by Crippen LogP contribution is 2.33. The van der Waals surface area contributed by atoms with E-state index in [0.717, 1.165) is 17.7 Å². The van der Waals surface area contributed by atoms with E-state index < -0.39 is 48.8 Å². The Bertz CT molecular complexity index is 1030. The standard InChI is InChI=1S/C16H18F3N5O6/c1-7(25)28-5-9-3-11(29-8(2)26)13(30-9)24-12-10(4-21-14(20)22-12)23(15(24)27)6-16(17,18)19/h4,9,11,13H,3,5-6H2,1-2H3,(H2,20,21,22)/t9-,11+,13+/m0/s1. The van der Waals surface area contributed by atoms with Crippen molar-refractivity contribution in [1.29, 1.82) is 0 Å². The lowest BCUT2D eigenvalue weighted by molar-refractivity contribution is -0.153. The van der Waals surface area contributed by atoms with Gasteiger partial charge in [-0.3, -0.25) is 14.2 Å². The van der Waals surface area contributed by atoms with Crippen LogP contribution < -0.4 is 11.4 Å². The number of carbonyl (C=O) groups excluding carboxylic acids is 2. The van der Waals surface area contributed by atoms with Gasteiger partial charge in [-0.2, -0.15) is 18.2 Å². The number of imidazole rings is 1. The number of rotatable bonds is 5. The van der Waals surface area contributed by atoms with Crippen molar-refractivity contribution in [2.75, 3.05) is 12.3 Å². The SMILES string of the molecule is CC(=O)OC[C@@H]1C[C@@H](OC(C)=O)[C@H](n2c(=O)n(CC(F)(F)F)c3cnc(N)nc32)O1. The summed E-state index contributed by atoms with van der Waals surface area (Å²) in [5.74, 6) is -1.55. The lowest BCUT2D eigenvalue weighted by atomic mass is 10.2. The van der Waals surface area contributed by atoms with Gasteiger partial charge in [-0.1, -0.05) is 0 Å². The maximum atomic E-state index is 13.0. The van der Waals surface area contributed by atoms with Gasteiger partial charge in [0, 0.05) is 20.3 Å². The summed E-state index contributed by atoms with van der Waals surface area (Å²) >= 11 is 0. The van der Waals surface area contributed by atoms with Crippen molar-refractivity contribution in [3.63, 3.8) is 0 Å². The number of carbonyl (C=O) groups is 2. The summed E-state index contributed by atoms with van der Waals surface area (Å²) in [4.78, 5) is 43.0. The molecule has 11 nitrogen and oxygen atoms in total. The van der Waals surface area contributed by atoms with Crippen LogP contribution in [0.2, 0.25) is 0 Å². The second-order valence-corrected chi connectivity index (χ2v) is 6.63. The molecule has 0 aliphatic carbocycles. The van der Waals surface area contributed by atoms with E-state index in [9.17, 15) is 27.6 Å². The number of hydrogen-bond acceptors (Lipinski definition) is 9. The molecule has 1 saturated heterocycles. The zero-order valence-electron chi connectivity index (χ0n) is 15.9. The fourth-order valence-electron chi connectivity index (χ4n) is 3.21. The Morgan fingerprint density at radius 2 is 2.03 bits per heavy atom. The highest BCUT2D eigenvalue weighted by molar-refractivity contribution is 5.72. The van der Waals surface area contributed by atoms with Crippen molar-refractivity contribution in [2.45, 2.75) is 51.4 Å². The van der Waals surface area contributed by atoms with Gasteiger partial charge in [-0.05, 0) is 0 Å². The average Bonchev–Trinajstić information content (AvgIpc) is 3.10. The second-order valence-electron chi connectivity index (χ2n) is 6.63. The zero-order chi connectivity index (χ0) is 22.2. The van der Waals surface area contributed by atoms with Crippen LogP contribution >= 0.6 is 0 Å². The Morgan fingerprint density at radius 3 is 2.63 bits per heavy atom. The molecule has 2 aromatic rings. The maximum Gasteiger partial charge on any atom is 0.406 e. The van der Waals surface area contributed by atoms with Crippen LogP contribution in [-0.2, 0) is 30.3 Å². The minimum absolute atomic E-state index is 0.0382. The first-order chi connectivity index (χ1) is 14.0. The fourth-order valence-corrected chi connectivity index (χ4v) is 3.21. The van der Waals surface area contributed by atoms with Gasteiger partial charge < -0.3 is 19.9 Å². The number of esters is 2. The fraction of sp³-hybridized carbons (Fsp3) is 0.562. The van der Waals surface area contributed by atoms with Crippen LogP contribution in [0.1, 0.15) is 26.5 Å². The third-order valence-corrected chi connectivity index (χ3v) is 4.25. The minimum Gasteiger partial charge on any atom is -0.463 e. The summed E-state index contributed by atoms with van der Waals surface area (Å²) in [7, 11) is 0. The Labute approximate surface area is 166 Å². The minimum atomic E-state index is -4.70. The van der Waals surface area contributed by atoms with Gasteiger partial charge >= 0.3 is 23.8 Å². The molecule has 3 rings (SSSR count). The third-order valence-electron chi connectivity index (χ3n) is 4.25. The number of nitrogen functional groups attached to an aromatic ring is 1. The van der Waals surface area contributed by atoms with Gasteiger partial charge in [0.15, 0.2) is 11.9 Å². The summed E-state index contributed by atoms with van der Waals surface area (Å²) < 4.78 is 56.1. The number of hydrogen-bond donors (Lipinski definition) is 1. The predicted molar refractivity (Wildman–Crippen MR) is 93.0 cm³/mol. The van der Waals surface area contributed by atoms with Crippen molar-refractivity contribution in [3.05, 3.63) is 16.7 Å². The Kier molecular flexibility index (Phi) is 5.70. The largest absolute Gasteiger partial charge is 0.463 e. The number of alkyl halides is 3. The van der Waals surface area contributed by atoms with Crippen molar-refractivity contribution in [3.8, 4) is 0 Å². The van der Waals surface area contributed by atoms with E-state index in [2.05, 4.69) is 9.97 Å². The molecule has 164 valence electrons. The van der Waals surface area contributed by atoms with Crippen molar-refractivity contribution >= 4 is 29.1 Å². The summed E-state index contributed by atoms with van der Waals surface area (Å²) in [5, 5.41) is 0. The Hall–Kier alpha value is -3.16. The van der Waals surface area contributed by atoms with Crippen LogP contribution in [0.25, 0.3) is 11.2 Å². The average molecular weight is 433 g/mol. The van der Waals surface area contributed by atoms with Crippen molar-refractivity contribution in [2.24, 2.45) is 0 Å². The molecule has 3 heterocycles. The van der Waals surface area contributed by atoms with Gasteiger partial charge in [-0.15, -0.1) is 0 Å². The molecule has 1 aliphatic rings. The van der Waals surface area contributed by atoms with Crippen LogP contribution in [0.4, 0.5) is 19.1 Å². The number of halogens is 3. The molecule has 0 aromatic carbocycles. The highest BCUT2D eigenvalue weighted by Gasteiger charge is 2.42. The Balaban J connectivity index is 2.09. The molecule has 14 heteroatoms. The van der Waals surface area contributed by atoms with E-state index in [1.165, 1.54) is 6.92 Å². The molecule has 1 aliphatic heterocycles. The molecular formula is C16H18F3N5O6. The van der Waals surface area contributed by atoms with Crippen molar-refractivity contribution in [1.82, 2.24) is 19.1 Å². The number of ether oxygens (including phenoxy) is 3. The topological polar surface area (TPSA) is 141 Å². The second kappa shape index (κ2) is 7.93. The van der Waals surface area contributed by atoms with E-state index in [0.29, 0.717) is 4.57 Å². The number of nitrogens with two attached hydrogens (primary N) is 1. The lowest BCUT2D eigenvalue weighted by Crippen LogP contribution is -2.35. The monoisotopic (exact) mass is 433 g/mol. The number of aromatic nitrogens is 4. The molecule has 0 unspecified atom stereocenters. The van der Waals surface area contributed by atoms with E-state index in [4.69, 9.17) is 19.9 Å². The molecule has 2 N–H and O–H groups in total. The zero-order valence-corrected chi connectivity index (χ0v) is 15.9. The van der Waals surface area contributed by atoms with Gasteiger partial charge in [0.05, 0.1) is 12.3 Å². The summed E-state index contributed by atoms with van der Waals surface area (Å²) in [6.45, 7) is 0.526. The quantitative estimate of drug-likeness (QED) is 0.668. The third kappa shape index (κ3) is 4.53. The molecule has 0 amide bonds. The van der Waals surface area contributed by atoms with E-state index in [1.807, 2.05) is 0 Å². The van der Waals surface area contributed by atoms with Gasteiger partial charge in [0.2, 0.25) is 5.95 Å². The molecule has 1 fully saturated rings. The number of anilines is 1. The first-order valence-electron chi connectivity index (χ1n) is 8.72. The smallest absolute Gasteiger partial charge is 0.406 e. The van der Waals surface area contributed by atoms with Crippen LogP contribution in [-0.4, -0.2) is 56.0 Å². The maximum absolute atomic E-state index is 13.0. The summed E-state index contributed by atoms with van der Waals surface area (Å²) in [6.07, 6.45) is -6.79. The highest BCUT2D eigenvalue weighted by atomic mass is 19.4. The normalized spacial score (nSPS) is 21.7.